The van der Waals surface area contributed by atoms with E-state index in [2.05, 4.69) is 30.0 Å². The van der Waals surface area contributed by atoms with Gasteiger partial charge < -0.3 is 20.5 Å². The van der Waals surface area contributed by atoms with Crippen LogP contribution in [0, 0.1) is 11.7 Å². The molecule has 1 saturated heterocycles. The summed E-state index contributed by atoms with van der Waals surface area (Å²) in [6.45, 7) is 3.84. The molecular weight excluding hydrogens is 453 g/mol. The minimum atomic E-state index is -0.803. The molecule has 182 valence electrons. The van der Waals surface area contributed by atoms with Gasteiger partial charge in [0.25, 0.3) is 11.8 Å². The molecule has 3 unspecified atom stereocenters. The summed E-state index contributed by atoms with van der Waals surface area (Å²) in [6.07, 6.45) is 1.98. The summed E-state index contributed by atoms with van der Waals surface area (Å²) >= 11 is 5.65. The highest BCUT2D eigenvalue weighted by molar-refractivity contribution is 6.30. The van der Waals surface area contributed by atoms with E-state index in [4.69, 9.17) is 21.2 Å². The fraction of sp³-hybridized carbons (Fsp3) is 0.652. The largest absolute Gasteiger partial charge is 0.484 e. The summed E-state index contributed by atoms with van der Waals surface area (Å²) in [7, 11) is 0. The minimum absolute atomic E-state index is 0.0238. The van der Waals surface area contributed by atoms with Crippen LogP contribution in [0.25, 0.3) is 0 Å². The Balaban J connectivity index is 1.30. The number of nitrogens with one attached hydrogen (secondary N) is 3. The molecule has 3 atom stereocenters. The van der Waals surface area contributed by atoms with Crippen molar-refractivity contribution >= 4 is 23.4 Å². The van der Waals surface area contributed by atoms with Crippen LogP contribution in [0.4, 0.5) is 4.39 Å². The van der Waals surface area contributed by atoms with Crippen molar-refractivity contribution in [3.63, 3.8) is 0 Å². The second kappa shape index (κ2) is 9.37. The number of hydrogen-bond acceptors (Lipinski definition) is 6. The first kappa shape index (κ1) is 24.2. The molecule has 4 aliphatic rings. The number of amides is 2. The molecule has 1 aromatic rings. The van der Waals surface area contributed by atoms with Gasteiger partial charge in [-0.3, -0.25) is 14.4 Å². The van der Waals surface area contributed by atoms with Gasteiger partial charge in [0.05, 0.1) is 16.7 Å². The highest BCUT2D eigenvalue weighted by atomic mass is 35.5. The number of ether oxygens (including phenoxy) is 1. The zero-order valence-electron chi connectivity index (χ0n) is 18.8. The predicted molar refractivity (Wildman–Crippen MR) is 119 cm³/mol. The van der Waals surface area contributed by atoms with E-state index in [0.29, 0.717) is 44.4 Å². The summed E-state index contributed by atoms with van der Waals surface area (Å²) in [5.74, 6) is -0.630. The van der Waals surface area contributed by atoms with Crippen LogP contribution in [0.3, 0.4) is 0 Å². The first-order valence-corrected chi connectivity index (χ1v) is 11.8. The molecule has 8 nitrogen and oxygen atoms in total. The van der Waals surface area contributed by atoms with Crippen LogP contribution in [0.2, 0.25) is 5.02 Å². The van der Waals surface area contributed by atoms with Crippen molar-refractivity contribution in [1.29, 1.82) is 0 Å². The van der Waals surface area contributed by atoms with E-state index in [1.807, 2.05) is 0 Å². The van der Waals surface area contributed by atoms with E-state index in [1.165, 1.54) is 12.1 Å². The number of aliphatic hydroxyl groups is 1. The topological polar surface area (TPSA) is 109 Å². The Morgan fingerprint density at radius 2 is 2.03 bits per heavy atom. The number of fused-ring (bicyclic) bond motifs is 3. The fourth-order valence-corrected chi connectivity index (χ4v) is 5.22. The molecule has 5 rings (SSSR count). The first-order chi connectivity index (χ1) is 15.6. The molecule has 2 amide bonds. The molecule has 10 heteroatoms. The van der Waals surface area contributed by atoms with Gasteiger partial charge in [0.2, 0.25) is 0 Å². The van der Waals surface area contributed by atoms with Crippen LogP contribution < -0.4 is 20.9 Å². The Hall–Kier alpha value is -1.94. The number of benzene rings is 1. The monoisotopic (exact) mass is 483 g/mol. The van der Waals surface area contributed by atoms with Gasteiger partial charge in [-0.05, 0) is 50.2 Å². The summed E-state index contributed by atoms with van der Waals surface area (Å²) < 4.78 is 18.9. The molecule has 2 bridgehead atoms. The third kappa shape index (κ3) is 5.11. The van der Waals surface area contributed by atoms with Crippen molar-refractivity contribution in [2.45, 2.75) is 81.7 Å². The van der Waals surface area contributed by atoms with Crippen LogP contribution in [0.5, 0.6) is 5.75 Å². The molecule has 0 aromatic heterocycles. The number of carbonyl (C=O) groups is 2. The van der Waals surface area contributed by atoms with Gasteiger partial charge in [0.15, 0.2) is 12.7 Å². The first-order valence-electron chi connectivity index (χ1n) is 11.4. The molecule has 1 aliphatic heterocycles. The van der Waals surface area contributed by atoms with Crippen molar-refractivity contribution in [2.75, 3.05) is 6.61 Å². The smallest absolute Gasteiger partial charge is 0.258 e. The van der Waals surface area contributed by atoms with Gasteiger partial charge in [0.1, 0.15) is 11.6 Å². The lowest BCUT2D eigenvalue weighted by molar-refractivity contribution is -0.142. The third-order valence-corrected chi connectivity index (χ3v) is 7.59. The van der Waals surface area contributed by atoms with Crippen molar-refractivity contribution in [3.8, 4) is 5.75 Å². The normalized spacial score (nSPS) is 33.2. The molecule has 3 saturated carbocycles. The van der Waals surface area contributed by atoms with Gasteiger partial charge >= 0.3 is 0 Å². The van der Waals surface area contributed by atoms with Crippen LogP contribution in [-0.2, 0) is 14.4 Å². The molecule has 4 N–H and O–H groups in total. The summed E-state index contributed by atoms with van der Waals surface area (Å²) in [6, 6.07) is 4.10. The Morgan fingerprint density at radius 1 is 1.30 bits per heavy atom. The predicted octanol–water partition coefficient (Wildman–Crippen LogP) is 2.22. The summed E-state index contributed by atoms with van der Waals surface area (Å²) in [5, 5.41) is 16.9. The molecule has 3 aliphatic carbocycles. The van der Waals surface area contributed by atoms with E-state index in [9.17, 15) is 19.1 Å². The van der Waals surface area contributed by atoms with Crippen molar-refractivity contribution in [3.05, 3.63) is 29.0 Å². The quantitative estimate of drug-likeness (QED) is 0.473. The molecule has 0 spiro atoms. The zero-order valence-corrected chi connectivity index (χ0v) is 19.6. The van der Waals surface area contributed by atoms with Crippen LogP contribution in [-0.4, -0.2) is 52.9 Å². The summed E-state index contributed by atoms with van der Waals surface area (Å²) in [5.41, 5.74) is 1.68. The number of rotatable bonds is 7. The molecule has 33 heavy (non-hydrogen) atoms. The third-order valence-electron chi connectivity index (χ3n) is 7.29. The SMILES string of the molecule is CC(C)C1CC(C(=O)NC23CCC(NC(=O)COc4ccc(Cl)c(F)c4)(CC2)C(O)C3)ON1. The standard InChI is InChI=1S/C23H31ClFN3O5/c1-13(2)17-10-18(33-28-17)21(31)27-22-5-7-23(8-6-22,19(29)11-22)26-20(30)12-32-14-3-4-15(24)16(25)9-14/h3-4,9,13,17-19,28-29H,5-8,10-12H2,1-2H3,(H,26,30)(H,27,31). The Bertz CT molecular complexity index is 906. The van der Waals surface area contributed by atoms with E-state index in [0.717, 1.165) is 6.07 Å². The summed E-state index contributed by atoms with van der Waals surface area (Å²) in [4.78, 5) is 30.8. The number of hydrogen-bond donors (Lipinski definition) is 4. The lowest BCUT2D eigenvalue weighted by atomic mass is 9.59. The Labute approximate surface area is 197 Å². The maximum absolute atomic E-state index is 13.5. The van der Waals surface area contributed by atoms with Gasteiger partial charge in [-0.15, -0.1) is 0 Å². The lowest BCUT2D eigenvalue weighted by Crippen LogP contribution is -2.70. The number of carbonyl (C=O) groups excluding carboxylic acids is 2. The van der Waals surface area contributed by atoms with E-state index in [1.54, 1.807) is 0 Å². The molecule has 1 heterocycles. The maximum atomic E-state index is 13.5. The van der Waals surface area contributed by atoms with Gasteiger partial charge in [-0.1, -0.05) is 25.4 Å². The highest BCUT2D eigenvalue weighted by Crippen LogP contribution is 2.47. The Kier molecular flexibility index (Phi) is 6.87. The maximum Gasteiger partial charge on any atom is 0.258 e. The van der Waals surface area contributed by atoms with Crippen LogP contribution in [0.15, 0.2) is 18.2 Å². The van der Waals surface area contributed by atoms with Gasteiger partial charge in [-0.25, -0.2) is 4.39 Å². The van der Waals surface area contributed by atoms with Crippen LogP contribution in [0.1, 0.15) is 52.4 Å². The number of hydroxylamine groups is 1. The molecule has 1 aromatic carbocycles. The van der Waals surface area contributed by atoms with Gasteiger partial charge in [-0.2, -0.15) is 5.48 Å². The average Bonchev–Trinajstić information content (AvgIpc) is 3.27. The van der Waals surface area contributed by atoms with Crippen LogP contribution >= 0.6 is 11.6 Å². The van der Waals surface area contributed by atoms with Crippen molar-refractivity contribution in [1.82, 2.24) is 16.1 Å². The van der Waals surface area contributed by atoms with Crippen molar-refractivity contribution < 1.29 is 28.7 Å². The second-order valence-corrected chi connectivity index (χ2v) is 10.3. The Morgan fingerprint density at radius 3 is 2.64 bits per heavy atom. The molecular formula is C23H31ClFN3O5. The van der Waals surface area contributed by atoms with Crippen molar-refractivity contribution in [2.24, 2.45) is 5.92 Å². The second-order valence-electron chi connectivity index (χ2n) is 9.87. The fourth-order valence-electron chi connectivity index (χ4n) is 5.10. The zero-order chi connectivity index (χ0) is 23.8. The van der Waals surface area contributed by atoms with E-state index < -0.39 is 35.0 Å². The lowest BCUT2D eigenvalue weighted by Gasteiger charge is -2.56. The van der Waals surface area contributed by atoms with E-state index >= 15 is 0 Å². The number of aliphatic hydroxyl groups excluding tert-OH is 1. The van der Waals surface area contributed by atoms with Gasteiger partial charge in [0, 0.05) is 24.1 Å². The highest BCUT2D eigenvalue weighted by Gasteiger charge is 2.55. The average molecular weight is 484 g/mol. The minimum Gasteiger partial charge on any atom is -0.484 e. The number of halogens is 2. The molecule has 0 radical (unpaired) electrons. The van der Waals surface area contributed by atoms with E-state index in [-0.39, 0.29) is 29.3 Å². The molecule has 4 fully saturated rings.